The molecule has 0 aliphatic carbocycles. The molecule has 0 aromatic carbocycles. The van der Waals surface area contributed by atoms with E-state index in [2.05, 4.69) is 17.8 Å². The Morgan fingerprint density at radius 2 is 2.38 bits per heavy atom. The Kier molecular flexibility index (Phi) is 0.730. The van der Waals surface area contributed by atoms with Gasteiger partial charge < -0.3 is 4.74 Å². The van der Waals surface area contributed by atoms with E-state index in [9.17, 15) is 0 Å². The second-order valence-electron chi connectivity index (χ2n) is 2.64. The highest BCUT2D eigenvalue weighted by Crippen LogP contribution is 2.25. The lowest BCUT2D eigenvalue weighted by Gasteiger charge is -2.54. The summed E-state index contributed by atoms with van der Waals surface area (Å²) in [5.41, 5.74) is 6.52. The number of ether oxygens (including phenoxy) is 1. The summed E-state index contributed by atoms with van der Waals surface area (Å²) in [5, 5.41) is 0. The maximum absolute atomic E-state index is 5.05. The van der Waals surface area contributed by atoms with Gasteiger partial charge in [-0.25, -0.2) is 5.43 Å². The Hall–Kier alpha value is -0.120. The molecule has 0 aromatic rings. The summed E-state index contributed by atoms with van der Waals surface area (Å²) in [4.78, 5) is 0. The van der Waals surface area contributed by atoms with E-state index in [1.54, 1.807) is 0 Å². The lowest BCUT2D eigenvalue weighted by Crippen LogP contribution is -2.83. The summed E-state index contributed by atoms with van der Waals surface area (Å²) in [6, 6.07) is 0.594. The summed E-state index contributed by atoms with van der Waals surface area (Å²) in [6.07, 6.45) is 0. The largest absolute Gasteiger partial charge is 0.377 e. The van der Waals surface area contributed by atoms with Gasteiger partial charge >= 0.3 is 0 Å². The molecule has 3 nitrogen and oxygen atoms in total. The van der Waals surface area contributed by atoms with Crippen LogP contribution in [0.25, 0.3) is 0 Å². The fourth-order valence-corrected chi connectivity index (χ4v) is 1.06. The monoisotopic (exact) mass is 114 g/mol. The normalized spacial score (nSPS) is 40.9. The molecule has 2 fully saturated rings. The molecule has 2 heterocycles. The molecular formula is C5H10N2O. The van der Waals surface area contributed by atoms with Gasteiger partial charge in [0, 0.05) is 6.04 Å². The van der Waals surface area contributed by atoms with Crippen molar-refractivity contribution in [2.24, 2.45) is 0 Å². The first-order valence-electron chi connectivity index (χ1n) is 2.94. The molecule has 46 valence electrons. The van der Waals surface area contributed by atoms with E-state index in [-0.39, 0.29) is 0 Å². The Balaban J connectivity index is 2.03. The van der Waals surface area contributed by atoms with E-state index in [0.29, 0.717) is 11.6 Å². The minimum atomic E-state index is 0.319. The molecule has 0 saturated carbocycles. The van der Waals surface area contributed by atoms with E-state index < -0.39 is 0 Å². The van der Waals surface area contributed by atoms with E-state index in [4.69, 9.17) is 4.74 Å². The van der Waals surface area contributed by atoms with Gasteiger partial charge in [-0.2, -0.15) is 0 Å². The molecule has 8 heavy (non-hydrogen) atoms. The molecule has 2 aliphatic heterocycles. The van der Waals surface area contributed by atoms with Gasteiger partial charge in [0.25, 0.3) is 0 Å². The maximum atomic E-state index is 5.05. The third-order valence-corrected chi connectivity index (χ3v) is 2.09. The third kappa shape index (κ3) is 0.354. The highest BCUT2D eigenvalue weighted by molar-refractivity contribution is 5.07. The number of hydrogen-bond acceptors (Lipinski definition) is 3. The van der Waals surface area contributed by atoms with Crippen molar-refractivity contribution in [1.29, 1.82) is 0 Å². The van der Waals surface area contributed by atoms with Crippen LogP contribution in [0.1, 0.15) is 6.92 Å². The first-order chi connectivity index (χ1) is 3.83. The van der Waals surface area contributed by atoms with Crippen molar-refractivity contribution in [3.63, 3.8) is 0 Å². The first-order valence-corrected chi connectivity index (χ1v) is 2.94. The predicted molar refractivity (Wildman–Crippen MR) is 29.3 cm³/mol. The smallest absolute Gasteiger partial charge is 0.0951 e. The Labute approximate surface area is 48.4 Å². The average Bonchev–Trinajstić information content (AvgIpc) is 1.58. The van der Waals surface area contributed by atoms with E-state index in [1.807, 2.05) is 0 Å². The van der Waals surface area contributed by atoms with Gasteiger partial charge in [0.15, 0.2) is 0 Å². The van der Waals surface area contributed by atoms with Gasteiger partial charge in [-0.15, -0.1) is 0 Å². The quantitative estimate of drug-likeness (QED) is 0.435. The van der Waals surface area contributed by atoms with Gasteiger partial charge in [0.1, 0.15) is 0 Å². The van der Waals surface area contributed by atoms with Gasteiger partial charge in [-0.1, -0.05) is 0 Å². The third-order valence-electron chi connectivity index (χ3n) is 2.09. The van der Waals surface area contributed by atoms with E-state index in [0.717, 1.165) is 13.2 Å². The fourth-order valence-electron chi connectivity index (χ4n) is 1.06. The van der Waals surface area contributed by atoms with Crippen LogP contribution in [0.4, 0.5) is 0 Å². The van der Waals surface area contributed by atoms with Gasteiger partial charge in [-0.3, -0.25) is 5.43 Å². The van der Waals surface area contributed by atoms with Crippen LogP contribution in [0.3, 0.4) is 0 Å². The lowest BCUT2D eigenvalue weighted by atomic mass is 9.87. The molecule has 0 radical (unpaired) electrons. The zero-order valence-corrected chi connectivity index (χ0v) is 4.90. The van der Waals surface area contributed by atoms with Crippen LogP contribution in [0.15, 0.2) is 0 Å². The first kappa shape index (κ1) is 4.73. The van der Waals surface area contributed by atoms with Crippen molar-refractivity contribution in [2.45, 2.75) is 18.5 Å². The van der Waals surface area contributed by atoms with E-state index in [1.165, 1.54) is 0 Å². The topological polar surface area (TPSA) is 33.3 Å². The Morgan fingerprint density at radius 1 is 1.62 bits per heavy atom. The molecule has 2 N–H and O–H groups in total. The molecule has 1 atom stereocenters. The van der Waals surface area contributed by atoms with Crippen LogP contribution in [0, 0.1) is 0 Å². The highest BCUT2D eigenvalue weighted by Gasteiger charge is 2.49. The molecule has 1 spiro atoms. The van der Waals surface area contributed by atoms with Crippen LogP contribution in [-0.4, -0.2) is 24.8 Å². The summed E-state index contributed by atoms with van der Waals surface area (Å²) in [7, 11) is 0. The SMILES string of the molecule is CC1NNC12COC2. The molecular weight excluding hydrogens is 104 g/mol. The van der Waals surface area contributed by atoms with Gasteiger partial charge in [-0.05, 0) is 6.92 Å². The second-order valence-corrected chi connectivity index (χ2v) is 2.64. The van der Waals surface area contributed by atoms with Crippen LogP contribution in [0.5, 0.6) is 0 Å². The van der Waals surface area contributed by atoms with E-state index >= 15 is 0 Å². The molecule has 3 heteroatoms. The zero-order chi connectivity index (χ0) is 5.61. The number of hydrogen-bond donors (Lipinski definition) is 2. The predicted octanol–water partition coefficient (Wildman–Crippen LogP) is -0.748. The summed E-state index contributed by atoms with van der Waals surface area (Å²) >= 11 is 0. The van der Waals surface area contributed by atoms with Crippen molar-refractivity contribution in [3.8, 4) is 0 Å². The van der Waals surface area contributed by atoms with Crippen LogP contribution in [-0.2, 0) is 4.74 Å². The number of nitrogens with one attached hydrogen (secondary N) is 2. The summed E-state index contributed by atoms with van der Waals surface area (Å²) < 4.78 is 5.05. The zero-order valence-electron chi connectivity index (χ0n) is 4.90. The highest BCUT2D eigenvalue weighted by atomic mass is 16.5. The maximum Gasteiger partial charge on any atom is 0.0951 e. The van der Waals surface area contributed by atoms with Gasteiger partial charge in [0.05, 0.1) is 18.8 Å². The van der Waals surface area contributed by atoms with Crippen molar-refractivity contribution >= 4 is 0 Å². The van der Waals surface area contributed by atoms with Crippen molar-refractivity contribution in [1.82, 2.24) is 10.9 Å². The summed E-state index contributed by atoms with van der Waals surface area (Å²) in [6.45, 7) is 3.92. The second kappa shape index (κ2) is 1.23. The fraction of sp³-hybridized carbons (Fsp3) is 1.00. The molecule has 2 aliphatic rings. The number of hydrazine groups is 1. The molecule has 0 bridgehead atoms. The summed E-state index contributed by atoms with van der Waals surface area (Å²) in [5.74, 6) is 0. The van der Waals surface area contributed by atoms with Crippen molar-refractivity contribution in [2.75, 3.05) is 13.2 Å². The molecule has 0 amide bonds. The molecule has 2 saturated heterocycles. The molecule has 0 aromatic heterocycles. The minimum Gasteiger partial charge on any atom is -0.377 e. The standard InChI is InChI=1S/C5H10N2O/c1-4-5(7-6-4)2-8-3-5/h4,6-7H,2-3H2,1H3. The minimum absolute atomic E-state index is 0.319. The Morgan fingerprint density at radius 3 is 2.38 bits per heavy atom. The van der Waals surface area contributed by atoms with Gasteiger partial charge in [0.2, 0.25) is 0 Å². The lowest BCUT2D eigenvalue weighted by molar-refractivity contribution is -0.142. The molecule has 1 unspecified atom stereocenters. The van der Waals surface area contributed by atoms with Crippen LogP contribution < -0.4 is 10.9 Å². The van der Waals surface area contributed by atoms with Crippen LogP contribution in [0.2, 0.25) is 0 Å². The number of rotatable bonds is 0. The molecule has 2 rings (SSSR count). The van der Waals surface area contributed by atoms with Crippen molar-refractivity contribution < 1.29 is 4.74 Å². The average molecular weight is 114 g/mol. The van der Waals surface area contributed by atoms with Crippen molar-refractivity contribution in [3.05, 3.63) is 0 Å². The Bertz CT molecular complexity index is 105. The van der Waals surface area contributed by atoms with Crippen LogP contribution >= 0.6 is 0 Å².